The predicted octanol–water partition coefficient (Wildman–Crippen LogP) is 1.19. The third-order valence-electron chi connectivity index (χ3n) is 0.230. The highest BCUT2D eigenvalue weighted by molar-refractivity contribution is 9.09. The van der Waals surface area contributed by atoms with Gasteiger partial charge in [0.2, 0.25) is 0 Å². The Morgan fingerprint density at radius 1 is 2.00 bits per heavy atom. The second-order valence-electron chi connectivity index (χ2n) is 0.557. The minimum Gasteiger partial charge on any atom is -0.378 e. The molecule has 0 unspecified atom stereocenters. The molecule has 0 atom stereocenters. The molecule has 0 aliphatic carbocycles. The molecule has 0 aromatic heterocycles. The van der Waals surface area contributed by atoms with Crippen LogP contribution >= 0.6 is 15.9 Å². The quantitative estimate of drug-likeness (QED) is 0.520. The van der Waals surface area contributed by atoms with Gasteiger partial charge in [0, 0.05) is 12.4 Å². The van der Waals surface area contributed by atoms with E-state index in [1.54, 1.807) is 13.7 Å². The summed E-state index contributed by atoms with van der Waals surface area (Å²) in [7, 11) is 1.63. The van der Waals surface area contributed by atoms with Crippen LogP contribution in [-0.2, 0) is 4.74 Å². The molecule has 0 saturated carbocycles. The molecule has 0 heterocycles. The zero-order chi connectivity index (χ0) is 4.12. The fourth-order valence-corrected chi connectivity index (χ4v) is 0.327. The van der Waals surface area contributed by atoms with Crippen molar-refractivity contribution in [3.63, 3.8) is 0 Å². The zero-order valence-corrected chi connectivity index (χ0v) is 4.66. The van der Waals surface area contributed by atoms with Crippen molar-refractivity contribution in [2.24, 2.45) is 0 Å². The molecule has 5 heavy (non-hydrogen) atoms. The molecule has 0 aliphatic rings. The van der Waals surface area contributed by atoms with Crippen molar-refractivity contribution < 1.29 is 4.74 Å². The van der Waals surface area contributed by atoms with Crippen molar-refractivity contribution >= 4 is 15.9 Å². The van der Waals surface area contributed by atoms with Crippen LogP contribution in [0.15, 0.2) is 0 Å². The number of halogens is 1. The van der Waals surface area contributed by atoms with E-state index in [9.17, 15) is 0 Å². The first-order valence-corrected chi connectivity index (χ1v) is 2.44. The molecule has 2 heteroatoms. The van der Waals surface area contributed by atoms with Crippen molar-refractivity contribution in [1.29, 1.82) is 0 Å². The summed E-state index contributed by atoms with van der Waals surface area (Å²) >= 11 is 3.13. The lowest BCUT2D eigenvalue weighted by atomic mass is 10.9. The maximum absolute atomic E-state index is 4.52. The smallest absolute Gasteiger partial charge is 0.0937 e. The third kappa shape index (κ3) is 4.44. The van der Waals surface area contributed by atoms with Gasteiger partial charge in [-0.05, 0) is 0 Å². The van der Waals surface area contributed by atoms with Gasteiger partial charge in [-0.25, -0.2) is 0 Å². The molecule has 0 bridgehead atoms. The summed E-state index contributed by atoms with van der Waals surface area (Å²) < 4.78 is 4.52. The molecule has 0 aliphatic heterocycles. The van der Waals surface area contributed by atoms with E-state index in [-0.39, 0.29) is 0 Å². The fraction of sp³-hybridized carbons (Fsp3) is 0.667. The summed E-state index contributed by atoms with van der Waals surface area (Å²) in [6.07, 6.45) is 0. The average Bonchev–Trinajstić information content (AvgIpc) is 1.41. The molecule has 31 valence electrons. The second-order valence-corrected chi connectivity index (χ2v) is 1.20. The van der Waals surface area contributed by atoms with Crippen LogP contribution in [0.1, 0.15) is 0 Å². The highest BCUT2D eigenvalue weighted by Gasteiger charge is 1.69. The van der Waals surface area contributed by atoms with Gasteiger partial charge in [0.1, 0.15) is 0 Å². The molecular formula is C3H6BrO. The van der Waals surface area contributed by atoms with Gasteiger partial charge in [-0.1, -0.05) is 15.9 Å². The Morgan fingerprint density at radius 2 is 2.60 bits per heavy atom. The molecule has 0 amide bonds. The fourth-order valence-electron chi connectivity index (χ4n) is 0.0630. The maximum Gasteiger partial charge on any atom is 0.0937 e. The van der Waals surface area contributed by atoms with Crippen LogP contribution in [0.3, 0.4) is 0 Å². The largest absolute Gasteiger partial charge is 0.378 e. The molecule has 0 fully saturated rings. The van der Waals surface area contributed by atoms with E-state index in [1.807, 2.05) is 0 Å². The Hall–Kier alpha value is 0.440. The SMILES string of the molecule is CO[CH]CBr. The molecule has 1 nitrogen and oxygen atoms in total. The third-order valence-corrected chi connectivity index (χ3v) is 0.494. The van der Waals surface area contributed by atoms with E-state index >= 15 is 0 Å². The van der Waals surface area contributed by atoms with Crippen LogP contribution in [0.5, 0.6) is 0 Å². The standard InChI is InChI=1S/C3H6BrO/c1-5-3-2-4/h3H,2H2,1H3. The van der Waals surface area contributed by atoms with Crippen LogP contribution in [0, 0.1) is 6.61 Å². The summed E-state index contributed by atoms with van der Waals surface area (Å²) in [5.41, 5.74) is 0. The van der Waals surface area contributed by atoms with E-state index in [0.29, 0.717) is 0 Å². The number of methoxy groups -OCH3 is 1. The Bertz CT molecular complexity index is 14.4. The lowest BCUT2D eigenvalue weighted by Gasteiger charge is -1.81. The molecule has 0 N–H and O–H groups in total. The number of ether oxygens (including phenoxy) is 1. The van der Waals surface area contributed by atoms with Gasteiger partial charge < -0.3 is 4.74 Å². The predicted molar refractivity (Wildman–Crippen MR) is 25.1 cm³/mol. The molecule has 0 rings (SSSR count). The summed E-state index contributed by atoms with van der Waals surface area (Å²) in [5.74, 6) is 0. The molecule has 0 spiro atoms. The van der Waals surface area contributed by atoms with Crippen molar-refractivity contribution in [2.75, 3.05) is 12.4 Å². The van der Waals surface area contributed by atoms with Crippen LogP contribution < -0.4 is 0 Å². The number of hydrogen-bond acceptors (Lipinski definition) is 1. The van der Waals surface area contributed by atoms with Gasteiger partial charge in [0.15, 0.2) is 0 Å². The van der Waals surface area contributed by atoms with Crippen LogP contribution in [0.4, 0.5) is 0 Å². The summed E-state index contributed by atoms with van der Waals surface area (Å²) in [6, 6.07) is 0. The van der Waals surface area contributed by atoms with Crippen molar-refractivity contribution in [1.82, 2.24) is 0 Å². The first-order valence-electron chi connectivity index (χ1n) is 1.32. The highest BCUT2D eigenvalue weighted by Crippen LogP contribution is 1.82. The van der Waals surface area contributed by atoms with Gasteiger partial charge in [-0.15, -0.1) is 0 Å². The molecule has 1 radical (unpaired) electrons. The van der Waals surface area contributed by atoms with Crippen LogP contribution in [-0.4, -0.2) is 12.4 Å². The normalized spacial score (nSPS) is 8.40. The molecule has 0 saturated heterocycles. The number of rotatable bonds is 2. The number of hydrogen-bond donors (Lipinski definition) is 0. The maximum atomic E-state index is 4.52. The molecule has 0 aromatic carbocycles. The molecule has 0 aromatic rings. The Kier molecular flexibility index (Phi) is 4.83. The first-order chi connectivity index (χ1) is 2.41. The van der Waals surface area contributed by atoms with Gasteiger partial charge in [-0.3, -0.25) is 0 Å². The lowest BCUT2D eigenvalue weighted by Crippen LogP contribution is -1.75. The van der Waals surface area contributed by atoms with Gasteiger partial charge >= 0.3 is 0 Å². The van der Waals surface area contributed by atoms with E-state index in [2.05, 4.69) is 20.7 Å². The summed E-state index contributed by atoms with van der Waals surface area (Å²) in [6.45, 7) is 1.67. The van der Waals surface area contributed by atoms with E-state index in [0.717, 1.165) is 5.33 Å². The number of alkyl halides is 1. The average molecular weight is 138 g/mol. The Labute approximate surface area is 40.5 Å². The minimum atomic E-state index is 0.809. The monoisotopic (exact) mass is 137 g/mol. The van der Waals surface area contributed by atoms with E-state index < -0.39 is 0 Å². The topological polar surface area (TPSA) is 9.23 Å². The zero-order valence-electron chi connectivity index (χ0n) is 3.07. The molecular weight excluding hydrogens is 132 g/mol. The summed E-state index contributed by atoms with van der Waals surface area (Å²) in [5, 5.41) is 0.809. The van der Waals surface area contributed by atoms with Crippen LogP contribution in [0.2, 0.25) is 0 Å². The highest BCUT2D eigenvalue weighted by atomic mass is 79.9. The van der Waals surface area contributed by atoms with Crippen molar-refractivity contribution in [3.05, 3.63) is 6.61 Å². The lowest BCUT2D eigenvalue weighted by molar-refractivity contribution is 0.285. The minimum absolute atomic E-state index is 0.809. The first kappa shape index (κ1) is 5.44. The van der Waals surface area contributed by atoms with Gasteiger partial charge in [0.05, 0.1) is 6.61 Å². The van der Waals surface area contributed by atoms with E-state index in [4.69, 9.17) is 0 Å². The van der Waals surface area contributed by atoms with E-state index in [1.165, 1.54) is 0 Å². The summed E-state index contributed by atoms with van der Waals surface area (Å²) in [4.78, 5) is 0. The Balaban J connectivity index is 2.19. The van der Waals surface area contributed by atoms with Crippen molar-refractivity contribution in [3.8, 4) is 0 Å². The second kappa shape index (κ2) is 4.44. The van der Waals surface area contributed by atoms with Gasteiger partial charge in [0.25, 0.3) is 0 Å². The van der Waals surface area contributed by atoms with Crippen LogP contribution in [0.25, 0.3) is 0 Å². The van der Waals surface area contributed by atoms with Crippen molar-refractivity contribution in [2.45, 2.75) is 0 Å². The Morgan fingerprint density at radius 3 is 2.60 bits per heavy atom. The van der Waals surface area contributed by atoms with Gasteiger partial charge in [-0.2, -0.15) is 0 Å².